The van der Waals surface area contributed by atoms with Crippen molar-refractivity contribution in [1.82, 2.24) is 0 Å². The van der Waals surface area contributed by atoms with Crippen LogP contribution in [0.1, 0.15) is 13.3 Å². The summed E-state index contributed by atoms with van der Waals surface area (Å²) in [6, 6.07) is 0. The van der Waals surface area contributed by atoms with Crippen LogP contribution in [0.25, 0.3) is 0 Å². The number of rotatable bonds is 3. The number of hydrogen-bond donors (Lipinski definition) is 2. The summed E-state index contributed by atoms with van der Waals surface area (Å²) in [6.07, 6.45) is -2.62. The summed E-state index contributed by atoms with van der Waals surface area (Å²) in [5, 5.41) is 20.7. The van der Waals surface area contributed by atoms with E-state index in [2.05, 4.69) is 6.92 Å². The monoisotopic (exact) mass is 344 g/mol. The second-order valence-electron chi connectivity index (χ2n) is 8.11. The number of quaternary nitrogens is 2. The number of aliphatic hydroxyl groups is 2. The summed E-state index contributed by atoms with van der Waals surface area (Å²) in [5.41, 5.74) is 0. The summed E-state index contributed by atoms with van der Waals surface area (Å²) in [5.74, 6) is 0. The molecular weight excluding hydrogens is 312 g/mol. The highest BCUT2D eigenvalue weighted by Crippen LogP contribution is 2.32. The molecule has 0 amide bonds. The number of likely N-dealkylation sites (N-methyl/N-ethyl adjacent to an activating group) is 1. The van der Waals surface area contributed by atoms with Crippen LogP contribution < -0.4 is 0 Å². The molecule has 24 heavy (non-hydrogen) atoms. The lowest BCUT2D eigenvalue weighted by Crippen LogP contribution is -2.77. The van der Waals surface area contributed by atoms with E-state index in [0.29, 0.717) is 13.2 Å². The Bertz CT molecular complexity index is 436. The van der Waals surface area contributed by atoms with Gasteiger partial charge in [0, 0.05) is 6.61 Å². The van der Waals surface area contributed by atoms with E-state index in [-0.39, 0.29) is 6.10 Å². The lowest BCUT2D eigenvalue weighted by molar-refractivity contribution is -1.08. The van der Waals surface area contributed by atoms with E-state index in [0.717, 1.165) is 17.4 Å². The maximum absolute atomic E-state index is 10.5. The second kappa shape index (κ2) is 6.46. The van der Waals surface area contributed by atoms with Crippen molar-refractivity contribution in [2.24, 2.45) is 0 Å². The normalized spacial score (nSPS) is 51.9. The van der Waals surface area contributed by atoms with E-state index in [4.69, 9.17) is 14.2 Å². The van der Waals surface area contributed by atoms with Gasteiger partial charge in [-0.1, -0.05) is 0 Å². The summed E-state index contributed by atoms with van der Waals surface area (Å²) < 4.78 is 19.9. The van der Waals surface area contributed by atoms with Crippen molar-refractivity contribution in [3.05, 3.63) is 0 Å². The number of nitrogens with zero attached hydrogens (tertiary/aromatic N) is 2. The predicted molar refractivity (Wildman–Crippen MR) is 86.1 cm³/mol. The molecule has 6 aliphatic heterocycles. The molecule has 4 bridgehead atoms. The van der Waals surface area contributed by atoms with Crippen molar-refractivity contribution in [3.63, 3.8) is 0 Å². The van der Waals surface area contributed by atoms with Crippen LogP contribution in [0.15, 0.2) is 0 Å². The molecule has 7 heteroatoms. The van der Waals surface area contributed by atoms with Gasteiger partial charge in [0.05, 0.1) is 13.2 Å². The average Bonchev–Trinajstić information content (AvgIpc) is 2.75. The minimum atomic E-state index is -1.03. The minimum absolute atomic E-state index is 0.216. The number of aliphatic hydroxyl groups excluding tert-OH is 2. The van der Waals surface area contributed by atoms with Crippen molar-refractivity contribution in [1.29, 1.82) is 0 Å². The molecule has 6 heterocycles. The van der Waals surface area contributed by atoms with E-state index in [1.165, 1.54) is 50.3 Å². The van der Waals surface area contributed by atoms with Gasteiger partial charge >= 0.3 is 0 Å². The van der Waals surface area contributed by atoms with Crippen LogP contribution >= 0.6 is 0 Å². The first-order chi connectivity index (χ1) is 11.6. The maximum atomic E-state index is 10.5. The van der Waals surface area contributed by atoms with Gasteiger partial charge in [0.15, 0.2) is 6.29 Å². The van der Waals surface area contributed by atoms with Crippen molar-refractivity contribution >= 4 is 0 Å². The zero-order chi connectivity index (χ0) is 16.8. The van der Waals surface area contributed by atoms with Gasteiger partial charge in [-0.2, -0.15) is 0 Å². The molecular formula is C17H32N2O5+2. The molecule has 0 spiro atoms. The average molecular weight is 344 g/mol. The maximum Gasteiger partial charge on any atom is 0.186 e. The largest absolute Gasteiger partial charge is 0.387 e. The molecule has 5 unspecified atom stereocenters. The Hall–Kier alpha value is -0.280. The van der Waals surface area contributed by atoms with Crippen LogP contribution in [-0.2, 0) is 14.2 Å². The number of piperazine rings is 3. The molecule has 0 aromatic carbocycles. The molecule has 0 aliphatic carbocycles. The van der Waals surface area contributed by atoms with Crippen LogP contribution in [0, 0.1) is 0 Å². The third-order valence-electron chi connectivity index (χ3n) is 6.91. The van der Waals surface area contributed by atoms with Gasteiger partial charge in [0.2, 0.25) is 0 Å². The fraction of sp³-hybridized carbons (Fsp3) is 1.00. The number of ether oxygens (including phenoxy) is 3. The predicted octanol–water partition coefficient (Wildman–Crippen LogP) is -1.08. The highest BCUT2D eigenvalue weighted by atomic mass is 16.7. The highest BCUT2D eigenvalue weighted by molar-refractivity contribution is 4.91. The van der Waals surface area contributed by atoms with Gasteiger partial charge in [0.25, 0.3) is 0 Å². The quantitative estimate of drug-likeness (QED) is 0.638. The Morgan fingerprint density at radius 2 is 1.50 bits per heavy atom. The lowest BCUT2D eigenvalue weighted by Gasteiger charge is -2.56. The van der Waals surface area contributed by atoms with Crippen molar-refractivity contribution < 1.29 is 33.4 Å². The lowest BCUT2D eigenvalue weighted by atomic mass is 9.96. The molecule has 2 N–H and O–H groups in total. The molecule has 0 saturated carbocycles. The van der Waals surface area contributed by atoms with Crippen molar-refractivity contribution in [2.45, 2.75) is 44.1 Å². The smallest absolute Gasteiger partial charge is 0.186 e. The number of hydrogen-bond acceptors (Lipinski definition) is 5. The van der Waals surface area contributed by atoms with E-state index in [9.17, 15) is 10.2 Å². The summed E-state index contributed by atoms with van der Waals surface area (Å²) >= 11 is 0. The van der Waals surface area contributed by atoms with Gasteiger partial charge < -0.3 is 33.4 Å². The Morgan fingerprint density at radius 3 is 2.17 bits per heavy atom. The standard InChI is InChI=1S/C17H32N2O5/c1-2-18-4-7-19(8-5-18,9-6-18)12-13-16-14(20)15(21)17(24-13)23-11-3-10-22-16/h13-17,20-21H,2-12H2,1H3/q+2. The molecule has 5 atom stereocenters. The summed E-state index contributed by atoms with van der Waals surface area (Å²) in [4.78, 5) is 0. The molecule has 0 aromatic heterocycles. The SMILES string of the molecule is CC[N+]12CC[N+](CC3OC4OCCCOC3C(O)C4O)(CC1)CC2. The zero-order valence-corrected chi connectivity index (χ0v) is 14.7. The topological polar surface area (TPSA) is 68.2 Å². The summed E-state index contributed by atoms with van der Waals surface area (Å²) in [7, 11) is 0. The van der Waals surface area contributed by atoms with Crippen LogP contribution in [0.5, 0.6) is 0 Å². The summed E-state index contributed by atoms with van der Waals surface area (Å²) in [6.45, 7) is 12.6. The van der Waals surface area contributed by atoms with Gasteiger partial charge in [0.1, 0.15) is 70.2 Å². The third kappa shape index (κ3) is 2.90. The van der Waals surface area contributed by atoms with E-state index in [1.807, 2.05) is 0 Å². The highest BCUT2D eigenvalue weighted by Gasteiger charge is 2.53. The van der Waals surface area contributed by atoms with Gasteiger partial charge in [-0.15, -0.1) is 0 Å². The first-order valence-electron chi connectivity index (χ1n) is 9.52. The molecule has 7 nitrogen and oxygen atoms in total. The van der Waals surface area contributed by atoms with Gasteiger partial charge in [-0.05, 0) is 13.3 Å². The minimum Gasteiger partial charge on any atom is -0.387 e. The molecule has 6 saturated heterocycles. The molecule has 6 fully saturated rings. The van der Waals surface area contributed by atoms with Crippen molar-refractivity contribution in [3.8, 4) is 0 Å². The van der Waals surface area contributed by atoms with Crippen LogP contribution in [0.2, 0.25) is 0 Å². The first kappa shape index (κ1) is 17.1. The number of fused-ring (bicyclic) bond motifs is 9. The molecule has 0 aromatic rings. The molecule has 6 aliphatic rings. The third-order valence-corrected chi connectivity index (χ3v) is 6.91. The Balaban J connectivity index is 1.49. The fourth-order valence-electron chi connectivity index (χ4n) is 4.95. The molecule has 138 valence electrons. The van der Waals surface area contributed by atoms with Crippen molar-refractivity contribution in [2.75, 3.05) is 65.6 Å². The van der Waals surface area contributed by atoms with E-state index < -0.39 is 24.6 Å². The second-order valence-corrected chi connectivity index (χ2v) is 8.11. The van der Waals surface area contributed by atoms with Crippen LogP contribution in [0.4, 0.5) is 0 Å². The Labute approximate surface area is 143 Å². The van der Waals surface area contributed by atoms with Crippen LogP contribution in [0.3, 0.4) is 0 Å². The van der Waals surface area contributed by atoms with Gasteiger partial charge in [-0.25, -0.2) is 0 Å². The Kier molecular flexibility index (Phi) is 4.62. The molecule has 6 rings (SSSR count). The zero-order valence-electron chi connectivity index (χ0n) is 14.7. The first-order valence-corrected chi connectivity index (χ1v) is 9.52. The molecule has 0 radical (unpaired) electrons. The fourth-order valence-corrected chi connectivity index (χ4v) is 4.95. The van der Waals surface area contributed by atoms with Gasteiger partial charge in [-0.3, -0.25) is 0 Å². The Morgan fingerprint density at radius 1 is 0.875 bits per heavy atom. The van der Waals surface area contributed by atoms with E-state index >= 15 is 0 Å². The van der Waals surface area contributed by atoms with Crippen LogP contribution in [-0.4, -0.2) is 115 Å². The van der Waals surface area contributed by atoms with E-state index in [1.54, 1.807) is 0 Å².